The Morgan fingerprint density at radius 2 is 1.94 bits per heavy atom. The van der Waals surface area contributed by atoms with Crippen molar-refractivity contribution >= 4 is 16.7 Å². The molecule has 0 aliphatic carbocycles. The largest absolute Gasteiger partial charge is 0.351 e. The molecule has 1 saturated heterocycles. The lowest BCUT2D eigenvalue weighted by atomic mass is 10.2. The first-order valence-electron chi connectivity index (χ1n) is 5.71. The van der Waals surface area contributed by atoms with Gasteiger partial charge in [-0.3, -0.25) is 5.10 Å². The van der Waals surface area contributed by atoms with Gasteiger partial charge in [0, 0.05) is 31.6 Å². The Labute approximate surface area is 99.2 Å². The molecule has 0 bridgehead atoms. The monoisotopic (exact) mass is 227 g/mol. The second-order valence-corrected chi connectivity index (χ2v) is 4.17. The molecule has 1 fully saturated rings. The molecule has 5 nitrogen and oxygen atoms in total. The minimum atomic E-state index is 0.775. The summed E-state index contributed by atoms with van der Waals surface area (Å²) < 4.78 is 0. The van der Waals surface area contributed by atoms with Crippen molar-refractivity contribution in [3.63, 3.8) is 0 Å². The Morgan fingerprint density at radius 3 is 2.71 bits per heavy atom. The Balaban J connectivity index is 1.88. The molecule has 0 atom stereocenters. The minimum Gasteiger partial charge on any atom is -0.351 e. The fourth-order valence-corrected chi connectivity index (χ4v) is 2.21. The fraction of sp³-hybridized carbons (Fsp3) is 0.333. The van der Waals surface area contributed by atoms with Crippen molar-refractivity contribution in [2.24, 2.45) is 0 Å². The first-order valence-corrected chi connectivity index (χ1v) is 5.71. The van der Waals surface area contributed by atoms with E-state index in [-0.39, 0.29) is 0 Å². The summed E-state index contributed by atoms with van der Waals surface area (Å²) in [6.07, 6.45) is 2.19. The van der Waals surface area contributed by atoms with Gasteiger partial charge in [-0.1, -0.05) is 12.1 Å². The number of hydrogen-bond acceptors (Lipinski definition) is 4. The van der Waals surface area contributed by atoms with Crippen LogP contribution in [0.3, 0.4) is 0 Å². The van der Waals surface area contributed by atoms with Crippen molar-refractivity contribution in [2.45, 2.75) is 0 Å². The van der Waals surface area contributed by atoms with E-state index in [4.69, 9.17) is 5.26 Å². The number of hydrogen-bond donors (Lipinski definition) is 1. The average molecular weight is 227 g/mol. The van der Waals surface area contributed by atoms with E-state index in [1.807, 2.05) is 18.2 Å². The van der Waals surface area contributed by atoms with Crippen LogP contribution < -0.4 is 4.90 Å². The summed E-state index contributed by atoms with van der Waals surface area (Å²) in [5.74, 6) is 0.998. The Bertz CT molecular complexity index is 560. The van der Waals surface area contributed by atoms with E-state index in [0.29, 0.717) is 0 Å². The third kappa shape index (κ3) is 1.68. The highest BCUT2D eigenvalue weighted by Gasteiger charge is 2.19. The quantitative estimate of drug-likeness (QED) is 0.743. The van der Waals surface area contributed by atoms with Crippen molar-refractivity contribution < 1.29 is 0 Å². The van der Waals surface area contributed by atoms with Crippen molar-refractivity contribution in [1.29, 1.82) is 5.26 Å². The minimum absolute atomic E-state index is 0.775. The van der Waals surface area contributed by atoms with Gasteiger partial charge in [0.1, 0.15) is 0 Å². The van der Waals surface area contributed by atoms with E-state index in [9.17, 15) is 0 Å². The highest BCUT2D eigenvalue weighted by Crippen LogP contribution is 2.24. The highest BCUT2D eigenvalue weighted by atomic mass is 15.3. The lowest BCUT2D eigenvalue weighted by Crippen LogP contribution is -2.44. The number of piperazine rings is 1. The number of benzene rings is 1. The molecular weight excluding hydrogens is 214 g/mol. The number of aromatic nitrogens is 2. The molecule has 1 aromatic heterocycles. The molecule has 1 aromatic carbocycles. The molecule has 3 rings (SSSR count). The number of para-hydroxylation sites is 1. The summed E-state index contributed by atoms with van der Waals surface area (Å²) in [6.45, 7) is 3.25. The van der Waals surface area contributed by atoms with Crippen LogP contribution in [0.5, 0.6) is 0 Å². The van der Waals surface area contributed by atoms with Crippen molar-refractivity contribution in [1.82, 2.24) is 15.1 Å². The first kappa shape index (κ1) is 9.97. The predicted octanol–water partition coefficient (Wildman–Crippen LogP) is 1.17. The van der Waals surface area contributed by atoms with Crippen molar-refractivity contribution in [3.05, 3.63) is 24.3 Å². The third-order valence-electron chi connectivity index (χ3n) is 3.17. The lowest BCUT2D eigenvalue weighted by Gasteiger charge is -2.31. The van der Waals surface area contributed by atoms with E-state index in [1.54, 1.807) is 4.90 Å². The summed E-state index contributed by atoms with van der Waals surface area (Å²) in [5.41, 5.74) is 1.06. The second kappa shape index (κ2) is 3.98. The van der Waals surface area contributed by atoms with Gasteiger partial charge in [-0.15, -0.1) is 0 Å². The Kier molecular flexibility index (Phi) is 2.33. The number of nitrogens with zero attached hydrogens (tertiary/aromatic N) is 4. The van der Waals surface area contributed by atoms with Crippen LogP contribution in [0.4, 0.5) is 5.82 Å². The molecule has 0 radical (unpaired) electrons. The number of rotatable bonds is 1. The predicted molar refractivity (Wildman–Crippen MR) is 65.5 cm³/mol. The molecular formula is C12H13N5. The van der Waals surface area contributed by atoms with Gasteiger partial charge in [0.2, 0.25) is 0 Å². The molecule has 0 saturated carbocycles. The number of H-pyrrole nitrogens is 1. The van der Waals surface area contributed by atoms with Gasteiger partial charge in [-0.2, -0.15) is 10.4 Å². The zero-order valence-electron chi connectivity index (χ0n) is 9.43. The van der Waals surface area contributed by atoms with Crippen LogP contribution in [0.2, 0.25) is 0 Å². The zero-order chi connectivity index (χ0) is 11.7. The number of anilines is 1. The molecule has 5 heteroatoms. The van der Waals surface area contributed by atoms with E-state index >= 15 is 0 Å². The van der Waals surface area contributed by atoms with Crippen LogP contribution in [-0.2, 0) is 0 Å². The van der Waals surface area contributed by atoms with Gasteiger partial charge in [0.15, 0.2) is 12.0 Å². The summed E-state index contributed by atoms with van der Waals surface area (Å²) in [5, 5.41) is 17.4. The molecule has 0 amide bonds. The standard InChI is InChI=1S/C12H13N5/c13-9-16-5-7-17(8-6-16)12-10-3-1-2-4-11(10)14-15-12/h1-4H,5-8H2,(H,14,15). The summed E-state index contributed by atoms with van der Waals surface area (Å²) in [7, 11) is 0. The Hall–Kier alpha value is -2.22. The number of aromatic amines is 1. The first-order chi connectivity index (χ1) is 8.38. The molecule has 0 spiro atoms. The van der Waals surface area contributed by atoms with E-state index < -0.39 is 0 Å². The molecule has 86 valence electrons. The van der Waals surface area contributed by atoms with Gasteiger partial charge in [-0.25, -0.2) is 0 Å². The molecule has 2 aromatic rings. The summed E-state index contributed by atoms with van der Waals surface area (Å²) in [4.78, 5) is 4.01. The number of nitriles is 1. The van der Waals surface area contributed by atoms with E-state index in [1.165, 1.54) is 0 Å². The molecule has 1 aliphatic rings. The van der Waals surface area contributed by atoms with Gasteiger partial charge < -0.3 is 9.80 Å². The van der Waals surface area contributed by atoms with Crippen molar-refractivity contribution in [3.8, 4) is 6.19 Å². The SMILES string of the molecule is N#CN1CCN(c2n[nH]c3ccccc23)CC1. The van der Waals surface area contributed by atoms with Crippen LogP contribution in [-0.4, -0.2) is 41.3 Å². The van der Waals surface area contributed by atoms with Crippen molar-refractivity contribution in [2.75, 3.05) is 31.1 Å². The molecule has 1 aliphatic heterocycles. The molecule has 0 unspecified atom stereocenters. The zero-order valence-corrected chi connectivity index (χ0v) is 9.43. The highest BCUT2D eigenvalue weighted by molar-refractivity contribution is 5.90. The second-order valence-electron chi connectivity index (χ2n) is 4.17. The Morgan fingerprint density at radius 1 is 1.18 bits per heavy atom. The van der Waals surface area contributed by atoms with Crippen LogP contribution in [0.1, 0.15) is 0 Å². The molecule has 17 heavy (non-hydrogen) atoms. The summed E-state index contributed by atoms with van der Waals surface area (Å²) >= 11 is 0. The third-order valence-corrected chi connectivity index (χ3v) is 3.17. The van der Waals surface area contributed by atoms with Gasteiger partial charge in [0.05, 0.1) is 5.52 Å². The van der Waals surface area contributed by atoms with E-state index in [0.717, 1.165) is 42.9 Å². The van der Waals surface area contributed by atoms with Gasteiger partial charge >= 0.3 is 0 Å². The summed E-state index contributed by atoms with van der Waals surface area (Å²) in [6, 6.07) is 8.12. The maximum atomic E-state index is 8.82. The normalized spacial score (nSPS) is 16.2. The van der Waals surface area contributed by atoms with Crippen LogP contribution in [0.25, 0.3) is 10.9 Å². The van der Waals surface area contributed by atoms with Crippen LogP contribution in [0, 0.1) is 11.5 Å². The smallest absolute Gasteiger partial charge is 0.179 e. The molecule has 2 heterocycles. The van der Waals surface area contributed by atoms with Gasteiger partial charge in [-0.05, 0) is 12.1 Å². The lowest BCUT2D eigenvalue weighted by molar-refractivity contribution is 0.362. The van der Waals surface area contributed by atoms with E-state index in [2.05, 4.69) is 27.4 Å². The molecule has 1 N–H and O–H groups in total. The number of fused-ring (bicyclic) bond motifs is 1. The fourth-order valence-electron chi connectivity index (χ4n) is 2.21. The average Bonchev–Trinajstić information content (AvgIpc) is 2.83. The maximum absolute atomic E-state index is 8.82. The topological polar surface area (TPSA) is 59.0 Å². The van der Waals surface area contributed by atoms with Crippen LogP contribution in [0.15, 0.2) is 24.3 Å². The number of nitrogens with one attached hydrogen (secondary N) is 1. The van der Waals surface area contributed by atoms with Gasteiger partial charge in [0.25, 0.3) is 0 Å². The maximum Gasteiger partial charge on any atom is 0.179 e. The van der Waals surface area contributed by atoms with Crippen LogP contribution >= 0.6 is 0 Å².